The summed E-state index contributed by atoms with van der Waals surface area (Å²) in [6.45, 7) is 8.09. The molecule has 0 aliphatic carbocycles. The Morgan fingerprint density at radius 2 is 2.16 bits per heavy atom. The molecule has 1 saturated heterocycles. The van der Waals surface area contributed by atoms with Crippen molar-refractivity contribution in [2.75, 3.05) is 31.6 Å². The van der Waals surface area contributed by atoms with E-state index in [1.54, 1.807) is 11.9 Å². The Morgan fingerprint density at radius 1 is 1.40 bits per heavy atom. The van der Waals surface area contributed by atoms with Gasteiger partial charge in [-0.15, -0.1) is 0 Å². The second-order valence-corrected chi connectivity index (χ2v) is 7.78. The zero-order valence-electron chi connectivity index (χ0n) is 15.5. The number of rotatable bonds is 3. The van der Waals surface area contributed by atoms with Gasteiger partial charge < -0.3 is 19.0 Å². The Hall–Kier alpha value is -2.24. The third kappa shape index (κ3) is 4.44. The molecule has 1 amide bonds. The first kappa shape index (κ1) is 17.6. The van der Waals surface area contributed by atoms with Gasteiger partial charge in [-0.3, -0.25) is 0 Å². The lowest BCUT2D eigenvalue weighted by Crippen LogP contribution is -2.43. The molecule has 1 aliphatic rings. The van der Waals surface area contributed by atoms with Crippen LogP contribution in [0.15, 0.2) is 28.7 Å². The molecule has 0 saturated carbocycles. The normalized spacial score (nSPS) is 18.4. The standard InChI is InChI=1S/C19H27N3O3/c1-19(2,3)25-18(23)21(4)12-14-8-7-11-22(13-14)17-20-15-9-5-6-10-16(15)24-17/h5-6,9-10,14H,7-8,11-13H2,1-4H3. The topological polar surface area (TPSA) is 58.8 Å². The van der Waals surface area contributed by atoms with Crippen LogP contribution in [-0.2, 0) is 4.74 Å². The number of aromatic nitrogens is 1. The van der Waals surface area contributed by atoms with Crippen LogP contribution >= 0.6 is 0 Å². The third-order valence-electron chi connectivity index (χ3n) is 4.31. The van der Waals surface area contributed by atoms with Crippen molar-refractivity contribution < 1.29 is 13.9 Å². The van der Waals surface area contributed by atoms with Gasteiger partial charge in [-0.25, -0.2) is 4.79 Å². The number of nitrogens with zero attached hydrogens (tertiary/aromatic N) is 3. The van der Waals surface area contributed by atoms with Crippen LogP contribution in [0.1, 0.15) is 33.6 Å². The van der Waals surface area contributed by atoms with Gasteiger partial charge in [0.2, 0.25) is 0 Å². The van der Waals surface area contributed by atoms with E-state index in [4.69, 9.17) is 9.15 Å². The molecule has 1 aromatic carbocycles. The van der Waals surface area contributed by atoms with E-state index in [0.717, 1.165) is 37.0 Å². The van der Waals surface area contributed by atoms with Crippen molar-refractivity contribution in [1.82, 2.24) is 9.88 Å². The number of para-hydroxylation sites is 2. The number of hydrogen-bond donors (Lipinski definition) is 0. The fraction of sp³-hybridized carbons (Fsp3) is 0.579. The molecule has 3 rings (SSSR count). The maximum Gasteiger partial charge on any atom is 0.410 e. The van der Waals surface area contributed by atoms with Gasteiger partial charge in [0.25, 0.3) is 6.01 Å². The van der Waals surface area contributed by atoms with Gasteiger partial charge in [-0.1, -0.05) is 12.1 Å². The molecule has 1 aliphatic heterocycles. The molecule has 136 valence electrons. The molecule has 1 unspecified atom stereocenters. The van der Waals surface area contributed by atoms with Crippen LogP contribution in [0.25, 0.3) is 11.1 Å². The van der Waals surface area contributed by atoms with E-state index < -0.39 is 5.60 Å². The van der Waals surface area contributed by atoms with Gasteiger partial charge in [-0.05, 0) is 51.7 Å². The molecule has 0 spiro atoms. The summed E-state index contributed by atoms with van der Waals surface area (Å²) in [5.41, 5.74) is 1.22. The average Bonchev–Trinajstić information content (AvgIpc) is 2.97. The first-order chi connectivity index (χ1) is 11.8. The van der Waals surface area contributed by atoms with Gasteiger partial charge in [-0.2, -0.15) is 4.98 Å². The quantitative estimate of drug-likeness (QED) is 0.844. The Balaban J connectivity index is 1.62. The van der Waals surface area contributed by atoms with Crippen LogP contribution in [0.2, 0.25) is 0 Å². The number of oxazole rings is 1. The zero-order valence-corrected chi connectivity index (χ0v) is 15.5. The van der Waals surface area contributed by atoms with E-state index in [-0.39, 0.29) is 6.09 Å². The van der Waals surface area contributed by atoms with Gasteiger partial charge in [0.1, 0.15) is 11.1 Å². The van der Waals surface area contributed by atoms with Gasteiger partial charge >= 0.3 is 6.09 Å². The highest BCUT2D eigenvalue weighted by Crippen LogP contribution is 2.26. The molecule has 1 fully saturated rings. The Bertz CT molecular complexity index is 702. The lowest BCUT2D eigenvalue weighted by molar-refractivity contribution is 0.0269. The molecule has 1 atom stereocenters. The average molecular weight is 345 g/mol. The summed E-state index contributed by atoms with van der Waals surface area (Å²) in [5.74, 6) is 0.376. The minimum Gasteiger partial charge on any atom is -0.444 e. The summed E-state index contributed by atoms with van der Waals surface area (Å²) in [6, 6.07) is 8.48. The number of anilines is 1. The summed E-state index contributed by atoms with van der Waals surface area (Å²) in [4.78, 5) is 20.6. The number of piperidine rings is 1. The maximum absolute atomic E-state index is 12.2. The number of carbonyl (C=O) groups excluding carboxylic acids is 1. The SMILES string of the molecule is CN(CC1CCCN(c2nc3ccccc3o2)C1)C(=O)OC(C)(C)C. The molecule has 2 heterocycles. The second-order valence-electron chi connectivity index (χ2n) is 7.78. The molecular weight excluding hydrogens is 318 g/mol. The summed E-state index contributed by atoms with van der Waals surface area (Å²) >= 11 is 0. The van der Waals surface area contributed by atoms with Crippen LogP contribution in [0.4, 0.5) is 10.8 Å². The summed E-state index contributed by atoms with van der Waals surface area (Å²) < 4.78 is 11.3. The fourth-order valence-electron chi connectivity index (χ4n) is 3.18. The number of carbonyl (C=O) groups is 1. The molecule has 0 radical (unpaired) electrons. The molecule has 2 aromatic rings. The number of fused-ring (bicyclic) bond motifs is 1. The second kappa shape index (κ2) is 6.94. The minimum absolute atomic E-state index is 0.272. The minimum atomic E-state index is -0.470. The van der Waals surface area contributed by atoms with Crippen molar-refractivity contribution in [3.05, 3.63) is 24.3 Å². The molecular formula is C19H27N3O3. The largest absolute Gasteiger partial charge is 0.444 e. The first-order valence-corrected chi connectivity index (χ1v) is 8.86. The van der Waals surface area contributed by atoms with Crippen LogP contribution in [0.5, 0.6) is 0 Å². The van der Waals surface area contributed by atoms with Crippen molar-refractivity contribution >= 4 is 23.2 Å². The number of amides is 1. The number of hydrogen-bond acceptors (Lipinski definition) is 5. The smallest absolute Gasteiger partial charge is 0.410 e. The summed E-state index contributed by atoms with van der Waals surface area (Å²) in [5, 5.41) is 0. The molecule has 6 heteroatoms. The zero-order chi connectivity index (χ0) is 18.0. The molecule has 25 heavy (non-hydrogen) atoms. The highest BCUT2D eigenvalue weighted by molar-refractivity contribution is 5.74. The Kier molecular flexibility index (Phi) is 4.88. The highest BCUT2D eigenvalue weighted by Gasteiger charge is 2.27. The van der Waals surface area contributed by atoms with E-state index >= 15 is 0 Å². The Morgan fingerprint density at radius 3 is 2.88 bits per heavy atom. The van der Waals surface area contributed by atoms with Crippen molar-refractivity contribution in [3.63, 3.8) is 0 Å². The van der Waals surface area contributed by atoms with Crippen molar-refractivity contribution in [2.45, 2.75) is 39.2 Å². The van der Waals surface area contributed by atoms with Gasteiger partial charge in [0, 0.05) is 26.7 Å². The van der Waals surface area contributed by atoms with E-state index in [0.29, 0.717) is 18.5 Å². The lowest BCUT2D eigenvalue weighted by atomic mass is 9.98. The van der Waals surface area contributed by atoms with E-state index in [2.05, 4.69) is 9.88 Å². The molecule has 6 nitrogen and oxygen atoms in total. The van der Waals surface area contributed by atoms with Crippen LogP contribution in [0, 0.1) is 5.92 Å². The first-order valence-electron chi connectivity index (χ1n) is 8.86. The van der Waals surface area contributed by atoms with Crippen molar-refractivity contribution in [2.24, 2.45) is 5.92 Å². The molecule has 0 bridgehead atoms. The lowest BCUT2D eigenvalue weighted by Gasteiger charge is -2.34. The van der Waals surface area contributed by atoms with Crippen LogP contribution in [0.3, 0.4) is 0 Å². The van der Waals surface area contributed by atoms with E-state index in [1.807, 2.05) is 45.0 Å². The van der Waals surface area contributed by atoms with Crippen molar-refractivity contribution in [1.29, 1.82) is 0 Å². The highest BCUT2D eigenvalue weighted by atomic mass is 16.6. The number of benzene rings is 1. The summed E-state index contributed by atoms with van der Waals surface area (Å²) in [6.07, 6.45) is 1.88. The Labute approximate surface area is 148 Å². The van der Waals surface area contributed by atoms with Gasteiger partial charge in [0.15, 0.2) is 5.58 Å². The van der Waals surface area contributed by atoms with Crippen LogP contribution in [-0.4, -0.2) is 48.3 Å². The predicted molar refractivity (Wildman–Crippen MR) is 97.8 cm³/mol. The third-order valence-corrected chi connectivity index (χ3v) is 4.31. The fourth-order valence-corrected chi connectivity index (χ4v) is 3.18. The monoisotopic (exact) mass is 345 g/mol. The maximum atomic E-state index is 12.2. The van der Waals surface area contributed by atoms with Crippen LogP contribution < -0.4 is 4.90 Å². The molecule has 0 N–H and O–H groups in total. The van der Waals surface area contributed by atoms with E-state index in [1.165, 1.54) is 0 Å². The summed E-state index contributed by atoms with van der Waals surface area (Å²) in [7, 11) is 1.80. The predicted octanol–water partition coefficient (Wildman–Crippen LogP) is 3.91. The number of ether oxygens (including phenoxy) is 1. The van der Waals surface area contributed by atoms with Crippen molar-refractivity contribution in [3.8, 4) is 0 Å². The van der Waals surface area contributed by atoms with E-state index in [9.17, 15) is 4.79 Å². The van der Waals surface area contributed by atoms with Gasteiger partial charge in [0.05, 0.1) is 0 Å². The molecule has 1 aromatic heterocycles.